The first-order valence-electron chi connectivity index (χ1n) is 9.65. The molecule has 142 valence electrons. The minimum absolute atomic E-state index is 0.0225. The van der Waals surface area contributed by atoms with Crippen LogP contribution in [0.4, 0.5) is 0 Å². The lowest BCUT2D eigenvalue weighted by Gasteiger charge is -2.36. The number of nitrogens with zero attached hydrogens (tertiary/aromatic N) is 3. The molecule has 27 heavy (non-hydrogen) atoms. The lowest BCUT2D eigenvalue weighted by atomic mass is 9.94. The molecular weight excluding hydrogens is 340 g/mol. The van der Waals surface area contributed by atoms with Gasteiger partial charge in [-0.15, -0.1) is 0 Å². The Hall–Kier alpha value is -2.47. The molecule has 0 spiro atoms. The number of rotatable bonds is 3. The molecule has 1 amide bonds. The Labute approximate surface area is 159 Å². The molecule has 1 N–H and O–H groups in total. The van der Waals surface area contributed by atoms with Gasteiger partial charge in [-0.2, -0.15) is 0 Å². The molecule has 2 aromatic heterocycles. The number of carbonyl (C=O) groups excluding carboxylic acids is 1. The first kappa shape index (κ1) is 17.9. The van der Waals surface area contributed by atoms with Crippen LogP contribution in [0.5, 0.6) is 0 Å². The van der Waals surface area contributed by atoms with Crippen molar-refractivity contribution < 1.29 is 4.79 Å². The number of aryl methyl sites for hydroxylation is 1. The van der Waals surface area contributed by atoms with E-state index >= 15 is 0 Å². The summed E-state index contributed by atoms with van der Waals surface area (Å²) in [5, 5.41) is 0. The van der Waals surface area contributed by atoms with Gasteiger partial charge < -0.3 is 9.88 Å². The molecule has 5 rings (SSSR count). The first-order chi connectivity index (χ1) is 13.0. The summed E-state index contributed by atoms with van der Waals surface area (Å²) in [6, 6.07) is 5.79. The monoisotopic (exact) mass is 366 g/mol. The summed E-state index contributed by atoms with van der Waals surface area (Å²) in [5.41, 5.74) is 3.18. The van der Waals surface area contributed by atoms with Crippen LogP contribution in [-0.4, -0.2) is 51.4 Å². The molecule has 2 atom stereocenters. The van der Waals surface area contributed by atoms with Gasteiger partial charge in [0.25, 0.3) is 5.91 Å². The van der Waals surface area contributed by atoms with Crippen LogP contribution >= 0.6 is 0 Å². The number of pyridine rings is 2. The number of fused-ring (bicyclic) bond motifs is 4. The van der Waals surface area contributed by atoms with E-state index in [4.69, 9.17) is 0 Å². The van der Waals surface area contributed by atoms with Crippen molar-refractivity contribution in [1.29, 1.82) is 0 Å². The Morgan fingerprint density at radius 2 is 2.07 bits per heavy atom. The van der Waals surface area contributed by atoms with Gasteiger partial charge in [0.1, 0.15) is 5.69 Å². The Bertz CT molecular complexity index is 893. The number of nitrogens with one attached hydrogen (secondary N) is 1. The largest absolute Gasteiger partial charge is 0.363 e. The van der Waals surface area contributed by atoms with E-state index in [0.717, 1.165) is 55.8 Å². The van der Waals surface area contributed by atoms with Crippen LogP contribution in [0.1, 0.15) is 40.2 Å². The van der Waals surface area contributed by atoms with Gasteiger partial charge in [0.15, 0.2) is 5.43 Å². The molecule has 0 aliphatic carbocycles. The minimum atomic E-state index is 0.0225. The molecule has 3 fully saturated rings. The summed E-state index contributed by atoms with van der Waals surface area (Å²) < 4.78 is 0. The number of hydrogen-bond donors (Lipinski definition) is 1. The fraction of sp³-hybridized carbons (Fsp3) is 0.476. The SMILES string of the molecule is Cc1c[nH]c(CN2C[C@H]3CC[C@@H]2CN(C(=O)c2ccccn2)C3)c(C)c1=O. The predicted molar refractivity (Wildman–Crippen MR) is 104 cm³/mol. The third-order valence-electron chi connectivity index (χ3n) is 5.97. The van der Waals surface area contributed by atoms with Crippen molar-refractivity contribution in [2.24, 2.45) is 5.92 Å². The molecule has 0 radical (unpaired) electrons. The van der Waals surface area contributed by atoms with Crippen LogP contribution in [0, 0.1) is 19.8 Å². The third kappa shape index (κ3) is 3.54. The number of amides is 1. The Kier molecular flexibility index (Phi) is 4.83. The summed E-state index contributed by atoms with van der Waals surface area (Å²) >= 11 is 0. The summed E-state index contributed by atoms with van der Waals surface area (Å²) in [7, 11) is 0. The highest BCUT2D eigenvalue weighted by molar-refractivity contribution is 5.92. The topological polar surface area (TPSA) is 69.3 Å². The van der Waals surface area contributed by atoms with Crippen molar-refractivity contribution in [2.75, 3.05) is 19.6 Å². The van der Waals surface area contributed by atoms with Crippen LogP contribution in [0.25, 0.3) is 0 Å². The van der Waals surface area contributed by atoms with Crippen molar-refractivity contribution in [3.8, 4) is 0 Å². The minimum Gasteiger partial charge on any atom is -0.363 e. The maximum atomic E-state index is 12.9. The van der Waals surface area contributed by atoms with E-state index in [1.165, 1.54) is 0 Å². The lowest BCUT2D eigenvalue weighted by molar-refractivity contribution is 0.0729. The standard InChI is InChI=1S/C21H26N4O2/c1-14-9-23-19(15(2)20(14)26)13-24-10-16-6-7-17(24)12-25(11-16)21(27)18-5-3-4-8-22-18/h3-5,8-9,16-17H,6-7,10-13H2,1-2H3,(H,23,26)/t16-,17-/m1/s1. The smallest absolute Gasteiger partial charge is 0.272 e. The van der Waals surface area contributed by atoms with E-state index in [0.29, 0.717) is 17.7 Å². The quantitative estimate of drug-likeness (QED) is 0.903. The van der Waals surface area contributed by atoms with Crippen molar-refractivity contribution >= 4 is 5.91 Å². The van der Waals surface area contributed by atoms with E-state index in [1.54, 1.807) is 18.5 Å². The van der Waals surface area contributed by atoms with Gasteiger partial charge in [0.05, 0.1) is 0 Å². The van der Waals surface area contributed by atoms with E-state index in [1.807, 2.05) is 30.9 Å². The number of carbonyl (C=O) groups is 1. The normalized spacial score (nSPS) is 22.7. The average Bonchev–Trinajstić information content (AvgIpc) is 3.00. The van der Waals surface area contributed by atoms with Crippen molar-refractivity contribution in [1.82, 2.24) is 19.8 Å². The number of aromatic amines is 1. The second kappa shape index (κ2) is 7.27. The van der Waals surface area contributed by atoms with Crippen LogP contribution < -0.4 is 5.43 Å². The highest BCUT2D eigenvalue weighted by Gasteiger charge is 2.37. The number of piperidine rings is 1. The highest BCUT2D eigenvalue weighted by atomic mass is 16.2. The molecule has 0 aromatic carbocycles. The summed E-state index contributed by atoms with van der Waals surface area (Å²) in [5.74, 6) is 0.489. The molecule has 3 saturated heterocycles. The van der Waals surface area contributed by atoms with Crippen molar-refractivity contribution in [3.63, 3.8) is 0 Å². The second-order valence-corrected chi connectivity index (χ2v) is 7.86. The van der Waals surface area contributed by atoms with Gasteiger partial charge in [0.2, 0.25) is 0 Å². The number of aromatic nitrogens is 2. The van der Waals surface area contributed by atoms with E-state index in [2.05, 4.69) is 14.9 Å². The van der Waals surface area contributed by atoms with E-state index in [9.17, 15) is 9.59 Å². The van der Waals surface area contributed by atoms with Crippen molar-refractivity contribution in [3.05, 3.63) is 63.3 Å². The molecule has 0 saturated carbocycles. The first-order valence-corrected chi connectivity index (χ1v) is 9.65. The number of H-pyrrole nitrogens is 1. The van der Waals surface area contributed by atoms with Gasteiger partial charge in [-0.3, -0.25) is 19.5 Å². The van der Waals surface area contributed by atoms with Crippen molar-refractivity contribution in [2.45, 2.75) is 39.3 Å². The molecule has 6 heteroatoms. The van der Waals surface area contributed by atoms with Crippen LogP contribution in [-0.2, 0) is 6.54 Å². The Morgan fingerprint density at radius 1 is 1.22 bits per heavy atom. The van der Waals surface area contributed by atoms with Crippen LogP contribution in [0.2, 0.25) is 0 Å². The second-order valence-electron chi connectivity index (χ2n) is 7.86. The summed E-state index contributed by atoms with van der Waals surface area (Å²) in [4.78, 5) is 37.1. The Morgan fingerprint density at radius 3 is 2.85 bits per heavy atom. The van der Waals surface area contributed by atoms with Gasteiger partial charge in [-0.05, 0) is 44.7 Å². The molecule has 0 unspecified atom stereocenters. The van der Waals surface area contributed by atoms with Crippen LogP contribution in [0.15, 0.2) is 35.4 Å². The molecule has 6 nitrogen and oxygen atoms in total. The molecule has 2 bridgehead atoms. The zero-order chi connectivity index (χ0) is 19.0. The molecule has 5 heterocycles. The van der Waals surface area contributed by atoms with Gasteiger partial charge >= 0.3 is 0 Å². The zero-order valence-corrected chi connectivity index (χ0v) is 15.9. The molecular formula is C21H26N4O2. The highest BCUT2D eigenvalue weighted by Crippen LogP contribution is 2.29. The maximum Gasteiger partial charge on any atom is 0.272 e. The van der Waals surface area contributed by atoms with Gasteiger partial charge in [-0.25, -0.2) is 0 Å². The molecule has 2 aromatic rings. The third-order valence-corrected chi connectivity index (χ3v) is 5.97. The zero-order valence-electron chi connectivity index (χ0n) is 15.9. The van der Waals surface area contributed by atoms with Crippen LogP contribution in [0.3, 0.4) is 0 Å². The molecule has 3 aliphatic rings. The van der Waals surface area contributed by atoms with E-state index in [-0.39, 0.29) is 11.3 Å². The fourth-order valence-electron chi connectivity index (χ4n) is 4.36. The summed E-state index contributed by atoms with van der Waals surface area (Å²) in [6.07, 6.45) is 5.71. The summed E-state index contributed by atoms with van der Waals surface area (Å²) in [6.45, 7) is 6.94. The average molecular weight is 366 g/mol. The van der Waals surface area contributed by atoms with Gasteiger partial charge in [0, 0.05) is 61.4 Å². The number of hydrogen-bond acceptors (Lipinski definition) is 4. The van der Waals surface area contributed by atoms with Gasteiger partial charge in [-0.1, -0.05) is 6.07 Å². The lowest BCUT2D eigenvalue weighted by Crippen LogP contribution is -2.44. The molecule has 3 aliphatic heterocycles. The fourth-order valence-corrected chi connectivity index (χ4v) is 4.36. The maximum absolute atomic E-state index is 12.9. The predicted octanol–water partition coefficient (Wildman–Crippen LogP) is 2.12. The van der Waals surface area contributed by atoms with E-state index < -0.39 is 0 Å². The Balaban J connectivity index is 1.53.